The Kier molecular flexibility index (Phi) is 6.42. The normalized spacial score (nSPS) is 25.2. The van der Waals surface area contributed by atoms with E-state index >= 15 is 0 Å². The van der Waals surface area contributed by atoms with Crippen molar-refractivity contribution in [2.24, 2.45) is 5.14 Å². The summed E-state index contributed by atoms with van der Waals surface area (Å²) in [6.07, 6.45) is 0.805. The highest BCUT2D eigenvalue weighted by molar-refractivity contribution is 7.86. The average molecular weight is 487 g/mol. The topological polar surface area (TPSA) is 143 Å². The molecule has 0 radical (unpaired) electrons. The first kappa shape index (κ1) is 23.9. The number of nitrogens with one attached hydrogen (secondary N) is 1. The van der Waals surface area contributed by atoms with Gasteiger partial charge in [0.05, 0.1) is 11.6 Å². The first-order valence-electron chi connectivity index (χ1n) is 10.9. The minimum absolute atomic E-state index is 0.0418. The summed E-state index contributed by atoms with van der Waals surface area (Å²) in [5.41, 5.74) is -1.52. The Balaban J connectivity index is 1.69. The lowest BCUT2D eigenvalue weighted by atomic mass is 9.99. The van der Waals surface area contributed by atoms with Crippen LogP contribution in [0.3, 0.4) is 0 Å². The first-order chi connectivity index (χ1) is 15.5. The number of hydrogen-bond donors (Lipinski definition) is 3. The molecule has 0 unspecified atom stereocenters. The van der Waals surface area contributed by atoms with Crippen molar-refractivity contribution >= 4 is 27.2 Å². The maximum absolute atomic E-state index is 13.2. The van der Waals surface area contributed by atoms with Gasteiger partial charge in [0.15, 0.2) is 0 Å². The van der Waals surface area contributed by atoms with Crippen LogP contribution in [0.1, 0.15) is 50.6 Å². The van der Waals surface area contributed by atoms with E-state index in [9.17, 15) is 27.1 Å². The predicted molar refractivity (Wildman–Crippen MR) is 118 cm³/mol. The van der Waals surface area contributed by atoms with E-state index < -0.39 is 40.3 Å². The van der Waals surface area contributed by atoms with E-state index in [1.165, 1.54) is 21.1 Å². The summed E-state index contributed by atoms with van der Waals surface area (Å²) in [4.78, 5) is 22.0. The second-order valence-corrected chi connectivity index (χ2v) is 10.6. The number of rotatable bonds is 6. The molecule has 2 fully saturated rings. The third-order valence-electron chi connectivity index (χ3n) is 6.56. The highest BCUT2D eigenvalue weighted by Gasteiger charge is 2.40. The average Bonchev–Trinajstić information content (AvgIpc) is 3.07. The van der Waals surface area contributed by atoms with Crippen LogP contribution < -0.4 is 16.0 Å². The Bertz CT molecular complexity index is 1190. The fraction of sp³-hybridized carbons (Fsp3) is 0.650. The van der Waals surface area contributed by atoms with Gasteiger partial charge in [-0.15, -0.1) is 0 Å². The molecule has 182 valence electrons. The van der Waals surface area contributed by atoms with Crippen LogP contribution in [0.15, 0.2) is 17.1 Å². The fourth-order valence-corrected chi connectivity index (χ4v) is 5.54. The van der Waals surface area contributed by atoms with Gasteiger partial charge < -0.3 is 10.4 Å². The Hall–Kier alpha value is -2.22. The van der Waals surface area contributed by atoms with Gasteiger partial charge in [0.1, 0.15) is 5.65 Å². The molecular formula is C20H28F2N6O4S. The molecule has 3 heterocycles. The highest BCUT2D eigenvalue weighted by Crippen LogP contribution is 2.39. The van der Waals surface area contributed by atoms with E-state index in [0.717, 1.165) is 0 Å². The SMILES string of the molecule is C[C@@]1(O)CCC[C@@H]1n1c(=O)c(CC(F)F)cc2cnc(NC3CCN(S(N)(=O)=O)CC3)nc21. The third-order valence-corrected chi connectivity index (χ3v) is 7.64. The highest BCUT2D eigenvalue weighted by atomic mass is 32.2. The van der Waals surface area contributed by atoms with E-state index in [4.69, 9.17) is 5.14 Å². The van der Waals surface area contributed by atoms with Gasteiger partial charge in [0.25, 0.3) is 15.8 Å². The van der Waals surface area contributed by atoms with Crippen molar-refractivity contribution in [3.63, 3.8) is 0 Å². The summed E-state index contributed by atoms with van der Waals surface area (Å²) < 4.78 is 51.7. The molecule has 13 heteroatoms. The largest absolute Gasteiger partial charge is 0.388 e. The van der Waals surface area contributed by atoms with E-state index in [-0.39, 0.29) is 36.3 Å². The number of nitrogens with two attached hydrogens (primary N) is 1. The Morgan fingerprint density at radius 3 is 2.61 bits per heavy atom. The predicted octanol–water partition coefficient (Wildman–Crippen LogP) is 1.15. The molecule has 0 amide bonds. The quantitative estimate of drug-likeness (QED) is 0.556. The smallest absolute Gasteiger partial charge is 0.276 e. The van der Waals surface area contributed by atoms with Crippen molar-refractivity contribution in [2.75, 3.05) is 18.4 Å². The van der Waals surface area contributed by atoms with Gasteiger partial charge in [-0.2, -0.15) is 17.7 Å². The lowest BCUT2D eigenvalue weighted by Crippen LogP contribution is -2.45. The molecule has 2 aliphatic rings. The van der Waals surface area contributed by atoms with Crippen LogP contribution in [0, 0.1) is 0 Å². The molecule has 1 saturated carbocycles. The molecule has 1 aliphatic carbocycles. The summed E-state index contributed by atoms with van der Waals surface area (Å²) in [6, 6.07) is 0.692. The lowest BCUT2D eigenvalue weighted by molar-refractivity contribution is 0.0265. The molecule has 0 bridgehead atoms. The van der Waals surface area contributed by atoms with Gasteiger partial charge in [0, 0.05) is 42.7 Å². The summed E-state index contributed by atoms with van der Waals surface area (Å²) >= 11 is 0. The van der Waals surface area contributed by atoms with Crippen molar-refractivity contribution in [3.8, 4) is 0 Å². The van der Waals surface area contributed by atoms with Crippen LogP contribution in [-0.2, 0) is 16.6 Å². The first-order valence-corrected chi connectivity index (χ1v) is 12.4. The van der Waals surface area contributed by atoms with E-state index in [2.05, 4.69) is 15.3 Å². The number of anilines is 1. The zero-order valence-electron chi connectivity index (χ0n) is 18.2. The Morgan fingerprint density at radius 2 is 2.03 bits per heavy atom. The number of piperidine rings is 1. The molecule has 33 heavy (non-hydrogen) atoms. The Labute approximate surface area is 190 Å². The number of hydrogen-bond acceptors (Lipinski definition) is 7. The number of pyridine rings is 1. The fourth-order valence-electron chi connectivity index (χ4n) is 4.82. The minimum Gasteiger partial charge on any atom is -0.388 e. The molecule has 1 aliphatic heterocycles. The molecule has 4 N–H and O–H groups in total. The molecular weight excluding hydrogens is 458 g/mol. The van der Waals surface area contributed by atoms with Crippen molar-refractivity contribution in [1.29, 1.82) is 0 Å². The number of halogens is 2. The number of aromatic nitrogens is 3. The standard InChI is InChI=1S/C20H28F2N6O4S/c1-20(30)6-2-3-15(20)28-17-13(9-12(18(28)29)10-16(21)22)11-24-19(26-17)25-14-4-7-27(8-5-14)33(23,31)32/h9,11,14-16,30H,2-8,10H2,1H3,(H2,23,31,32)(H,24,25,26)/t15-,20+/m0/s1. The third kappa shape index (κ3) is 5.00. The van der Waals surface area contributed by atoms with E-state index in [1.54, 1.807) is 6.92 Å². The van der Waals surface area contributed by atoms with Crippen molar-refractivity contribution in [1.82, 2.24) is 18.8 Å². The van der Waals surface area contributed by atoms with Gasteiger partial charge in [-0.25, -0.2) is 18.9 Å². The van der Waals surface area contributed by atoms with E-state index in [0.29, 0.717) is 37.5 Å². The van der Waals surface area contributed by atoms with Crippen LogP contribution in [0.25, 0.3) is 11.0 Å². The molecule has 0 aromatic carbocycles. The van der Waals surface area contributed by atoms with Gasteiger partial charge in [-0.05, 0) is 45.1 Å². The summed E-state index contributed by atoms with van der Waals surface area (Å²) in [5, 5.41) is 19.6. The number of nitrogens with zero attached hydrogens (tertiary/aromatic N) is 4. The van der Waals surface area contributed by atoms with Crippen molar-refractivity contribution < 1.29 is 22.3 Å². The molecule has 2 aromatic rings. The molecule has 0 spiro atoms. The molecule has 10 nitrogen and oxygen atoms in total. The maximum Gasteiger partial charge on any atom is 0.276 e. The van der Waals surface area contributed by atoms with Gasteiger partial charge in [0.2, 0.25) is 12.4 Å². The van der Waals surface area contributed by atoms with Crippen LogP contribution in [0.4, 0.5) is 14.7 Å². The second kappa shape index (κ2) is 8.85. The zero-order valence-corrected chi connectivity index (χ0v) is 19.1. The Morgan fingerprint density at radius 1 is 1.33 bits per heavy atom. The summed E-state index contributed by atoms with van der Waals surface area (Å²) in [7, 11) is -3.74. The molecule has 2 atom stereocenters. The van der Waals surface area contributed by atoms with Crippen molar-refractivity contribution in [3.05, 3.63) is 28.2 Å². The zero-order chi connectivity index (χ0) is 24.0. The minimum atomic E-state index is -3.74. The van der Waals surface area contributed by atoms with Gasteiger partial charge in [-0.3, -0.25) is 9.36 Å². The number of fused-ring (bicyclic) bond motifs is 1. The molecule has 4 rings (SSSR count). The molecule has 2 aromatic heterocycles. The van der Waals surface area contributed by atoms with Crippen LogP contribution in [-0.4, -0.2) is 63.5 Å². The maximum atomic E-state index is 13.2. The number of alkyl halides is 2. The van der Waals surface area contributed by atoms with Gasteiger partial charge in [-0.1, -0.05) is 0 Å². The van der Waals surface area contributed by atoms with Crippen LogP contribution >= 0.6 is 0 Å². The molecule has 1 saturated heterocycles. The summed E-state index contributed by atoms with van der Waals surface area (Å²) in [6.45, 7) is 2.16. The van der Waals surface area contributed by atoms with Crippen molar-refractivity contribution in [2.45, 2.75) is 69.6 Å². The van der Waals surface area contributed by atoms with E-state index in [1.807, 2.05) is 0 Å². The monoisotopic (exact) mass is 486 g/mol. The van der Waals surface area contributed by atoms with Gasteiger partial charge >= 0.3 is 0 Å². The number of aliphatic hydroxyl groups is 1. The lowest BCUT2D eigenvalue weighted by Gasteiger charge is -2.30. The van der Waals surface area contributed by atoms with Crippen LogP contribution in [0.2, 0.25) is 0 Å². The summed E-state index contributed by atoms with van der Waals surface area (Å²) in [5.74, 6) is 0.240. The second-order valence-electron chi connectivity index (χ2n) is 9.04. The van der Waals surface area contributed by atoms with Crippen LogP contribution in [0.5, 0.6) is 0 Å².